The first kappa shape index (κ1) is 13.8. The second-order valence-corrected chi connectivity index (χ2v) is 5.24. The number of halogens is 1. The van der Waals surface area contributed by atoms with Gasteiger partial charge in [0.15, 0.2) is 0 Å². The number of ether oxygens (including phenoxy) is 1. The van der Waals surface area contributed by atoms with Crippen LogP contribution in [0, 0.1) is 17.8 Å². The molecular formula is C12H22ClNO2. The van der Waals surface area contributed by atoms with Gasteiger partial charge in [0.05, 0.1) is 18.1 Å². The Morgan fingerprint density at radius 3 is 2.44 bits per heavy atom. The summed E-state index contributed by atoms with van der Waals surface area (Å²) in [6.45, 7) is 8.73. The van der Waals surface area contributed by atoms with E-state index in [4.69, 9.17) is 16.3 Å². The van der Waals surface area contributed by atoms with Crippen molar-refractivity contribution in [2.24, 2.45) is 17.8 Å². The molecule has 1 aliphatic rings. The van der Waals surface area contributed by atoms with Crippen molar-refractivity contribution in [3.8, 4) is 0 Å². The highest BCUT2D eigenvalue weighted by molar-refractivity contribution is 6.18. The molecule has 0 aliphatic carbocycles. The SMILES string of the molecule is CC(CCl)CNC(=O)C1C(C)OC(C)C1C. The highest BCUT2D eigenvalue weighted by Gasteiger charge is 2.41. The van der Waals surface area contributed by atoms with Crippen LogP contribution in [0.1, 0.15) is 27.7 Å². The predicted octanol–water partition coefficient (Wildman–Crippen LogP) is 2.04. The molecule has 1 aliphatic heterocycles. The van der Waals surface area contributed by atoms with Crippen molar-refractivity contribution >= 4 is 17.5 Å². The Balaban J connectivity index is 2.47. The molecule has 0 saturated carbocycles. The molecule has 0 aromatic carbocycles. The highest BCUT2D eigenvalue weighted by atomic mass is 35.5. The summed E-state index contributed by atoms with van der Waals surface area (Å²) in [5.74, 6) is 1.24. The summed E-state index contributed by atoms with van der Waals surface area (Å²) < 4.78 is 5.65. The fourth-order valence-corrected chi connectivity index (χ4v) is 2.27. The molecule has 1 rings (SSSR count). The predicted molar refractivity (Wildman–Crippen MR) is 65.6 cm³/mol. The fourth-order valence-electron chi connectivity index (χ4n) is 2.17. The molecule has 1 amide bonds. The van der Waals surface area contributed by atoms with E-state index >= 15 is 0 Å². The van der Waals surface area contributed by atoms with Gasteiger partial charge in [-0.25, -0.2) is 0 Å². The maximum atomic E-state index is 12.0. The summed E-state index contributed by atoms with van der Waals surface area (Å²) in [5, 5.41) is 2.95. The number of amides is 1. The lowest BCUT2D eigenvalue weighted by Crippen LogP contribution is -2.39. The topological polar surface area (TPSA) is 38.3 Å². The smallest absolute Gasteiger partial charge is 0.226 e. The number of carbonyl (C=O) groups excluding carboxylic acids is 1. The summed E-state index contributed by atoms with van der Waals surface area (Å²) in [6.07, 6.45) is 0.174. The molecule has 0 aromatic rings. The zero-order valence-corrected chi connectivity index (χ0v) is 11.3. The molecule has 5 atom stereocenters. The van der Waals surface area contributed by atoms with Gasteiger partial charge in [0.25, 0.3) is 0 Å². The Bertz CT molecular complexity index is 247. The largest absolute Gasteiger partial charge is 0.374 e. The van der Waals surface area contributed by atoms with Gasteiger partial charge in [-0.3, -0.25) is 4.79 Å². The van der Waals surface area contributed by atoms with Gasteiger partial charge in [-0.05, 0) is 25.7 Å². The minimum Gasteiger partial charge on any atom is -0.374 e. The third-order valence-electron chi connectivity index (χ3n) is 3.43. The molecule has 0 bridgehead atoms. The van der Waals surface area contributed by atoms with Crippen LogP contribution in [0.15, 0.2) is 0 Å². The van der Waals surface area contributed by atoms with E-state index in [1.54, 1.807) is 0 Å². The van der Waals surface area contributed by atoms with E-state index in [1.807, 2.05) is 20.8 Å². The quantitative estimate of drug-likeness (QED) is 0.773. The normalized spacial score (nSPS) is 36.1. The van der Waals surface area contributed by atoms with Gasteiger partial charge in [0.2, 0.25) is 5.91 Å². The lowest BCUT2D eigenvalue weighted by Gasteiger charge is -2.19. The van der Waals surface area contributed by atoms with Crippen molar-refractivity contribution in [1.29, 1.82) is 0 Å². The van der Waals surface area contributed by atoms with Gasteiger partial charge < -0.3 is 10.1 Å². The zero-order chi connectivity index (χ0) is 12.3. The first-order valence-corrected chi connectivity index (χ1v) is 6.50. The Kier molecular flexibility index (Phi) is 5.06. The molecule has 1 saturated heterocycles. The first-order valence-electron chi connectivity index (χ1n) is 5.96. The molecule has 94 valence electrons. The van der Waals surface area contributed by atoms with Crippen LogP contribution in [0.25, 0.3) is 0 Å². The lowest BCUT2D eigenvalue weighted by atomic mass is 9.89. The minimum atomic E-state index is -0.0301. The van der Waals surface area contributed by atoms with Crippen LogP contribution in [0.2, 0.25) is 0 Å². The van der Waals surface area contributed by atoms with Crippen LogP contribution in [0.4, 0.5) is 0 Å². The average Bonchev–Trinajstić information content (AvgIpc) is 2.49. The van der Waals surface area contributed by atoms with E-state index in [2.05, 4.69) is 12.2 Å². The van der Waals surface area contributed by atoms with Crippen molar-refractivity contribution in [2.45, 2.75) is 39.9 Å². The molecule has 5 unspecified atom stereocenters. The fraction of sp³-hybridized carbons (Fsp3) is 0.917. The van der Waals surface area contributed by atoms with E-state index in [0.29, 0.717) is 18.3 Å². The molecule has 1 N–H and O–H groups in total. The highest BCUT2D eigenvalue weighted by Crippen LogP contribution is 2.32. The van der Waals surface area contributed by atoms with E-state index in [0.717, 1.165) is 0 Å². The van der Waals surface area contributed by atoms with E-state index in [1.165, 1.54) is 0 Å². The molecule has 1 fully saturated rings. The van der Waals surface area contributed by atoms with Crippen molar-refractivity contribution in [2.75, 3.05) is 12.4 Å². The van der Waals surface area contributed by atoms with Crippen LogP contribution >= 0.6 is 11.6 Å². The first-order chi connectivity index (χ1) is 7.47. The number of alkyl halides is 1. The van der Waals surface area contributed by atoms with Gasteiger partial charge in [0.1, 0.15) is 0 Å². The van der Waals surface area contributed by atoms with Crippen molar-refractivity contribution in [3.05, 3.63) is 0 Å². The number of rotatable bonds is 4. The van der Waals surface area contributed by atoms with E-state index < -0.39 is 0 Å². The maximum Gasteiger partial charge on any atom is 0.226 e. The van der Waals surface area contributed by atoms with Crippen molar-refractivity contribution < 1.29 is 9.53 Å². The van der Waals surface area contributed by atoms with Gasteiger partial charge in [0, 0.05) is 12.4 Å². The van der Waals surface area contributed by atoms with Gasteiger partial charge in [-0.2, -0.15) is 0 Å². The van der Waals surface area contributed by atoms with Gasteiger partial charge in [-0.1, -0.05) is 13.8 Å². The van der Waals surface area contributed by atoms with Crippen LogP contribution in [0.3, 0.4) is 0 Å². The number of hydrogen-bond donors (Lipinski definition) is 1. The Morgan fingerprint density at radius 2 is 2.00 bits per heavy atom. The zero-order valence-electron chi connectivity index (χ0n) is 10.5. The summed E-state index contributed by atoms with van der Waals surface area (Å²) >= 11 is 5.70. The van der Waals surface area contributed by atoms with Crippen LogP contribution in [-0.2, 0) is 9.53 Å². The Labute approximate surface area is 103 Å². The lowest BCUT2D eigenvalue weighted by molar-refractivity contribution is -0.127. The molecule has 4 heteroatoms. The Hall–Kier alpha value is -0.280. The number of hydrogen-bond acceptors (Lipinski definition) is 2. The Morgan fingerprint density at radius 1 is 1.38 bits per heavy atom. The van der Waals surface area contributed by atoms with E-state index in [-0.39, 0.29) is 30.0 Å². The standard InChI is InChI=1S/C12H22ClNO2/c1-7(5-13)6-14-12(15)11-8(2)9(3)16-10(11)4/h7-11H,5-6H2,1-4H3,(H,14,15). The van der Waals surface area contributed by atoms with Crippen LogP contribution in [-0.4, -0.2) is 30.5 Å². The third-order valence-corrected chi connectivity index (χ3v) is 3.96. The summed E-state index contributed by atoms with van der Waals surface area (Å²) in [4.78, 5) is 12.0. The summed E-state index contributed by atoms with van der Waals surface area (Å²) in [7, 11) is 0. The minimum absolute atomic E-state index is 0.0105. The third kappa shape index (κ3) is 3.11. The molecule has 0 spiro atoms. The molecule has 0 aromatic heterocycles. The molecule has 1 heterocycles. The van der Waals surface area contributed by atoms with Gasteiger partial charge in [-0.15, -0.1) is 11.6 Å². The second kappa shape index (κ2) is 5.87. The average molecular weight is 248 g/mol. The molecule has 3 nitrogen and oxygen atoms in total. The summed E-state index contributed by atoms with van der Waals surface area (Å²) in [6, 6.07) is 0. The van der Waals surface area contributed by atoms with Crippen molar-refractivity contribution in [1.82, 2.24) is 5.32 Å². The number of nitrogens with one attached hydrogen (secondary N) is 1. The van der Waals surface area contributed by atoms with Gasteiger partial charge >= 0.3 is 0 Å². The number of carbonyl (C=O) groups is 1. The van der Waals surface area contributed by atoms with Crippen molar-refractivity contribution in [3.63, 3.8) is 0 Å². The molecule has 0 radical (unpaired) electrons. The summed E-state index contributed by atoms with van der Waals surface area (Å²) in [5.41, 5.74) is 0. The second-order valence-electron chi connectivity index (χ2n) is 4.94. The maximum absolute atomic E-state index is 12.0. The monoisotopic (exact) mass is 247 g/mol. The van der Waals surface area contributed by atoms with Crippen LogP contribution in [0.5, 0.6) is 0 Å². The van der Waals surface area contributed by atoms with E-state index in [9.17, 15) is 4.79 Å². The van der Waals surface area contributed by atoms with Crippen LogP contribution < -0.4 is 5.32 Å². The molecular weight excluding hydrogens is 226 g/mol. The molecule has 16 heavy (non-hydrogen) atoms.